The van der Waals surface area contributed by atoms with Crippen molar-refractivity contribution in [3.05, 3.63) is 53.2 Å². The normalized spacial score (nSPS) is 19.1. The molecule has 0 radical (unpaired) electrons. The molecule has 27 heavy (non-hydrogen) atoms. The maximum atomic E-state index is 12.3. The lowest BCUT2D eigenvalue weighted by Gasteiger charge is -2.17. The molecule has 1 saturated heterocycles. The summed E-state index contributed by atoms with van der Waals surface area (Å²) in [4.78, 5) is 13.5. The van der Waals surface area contributed by atoms with Crippen molar-refractivity contribution < 1.29 is 9.90 Å². The summed E-state index contributed by atoms with van der Waals surface area (Å²) in [7, 11) is 0. The number of anilines is 1. The van der Waals surface area contributed by atoms with Gasteiger partial charge in [-0.25, -0.2) is 0 Å². The highest BCUT2D eigenvalue weighted by atomic mass is 35.5. The SMILES string of the molecule is N#Cc1ccc(N2C[C@@H](O)[C@H](NC(=O)Cc3ccc(C(Cl)Cl)cc3)C2)nn1. The summed E-state index contributed by atoms with van der Waals surface area (Å²) in [5.41, 5.74) is 1.82. The smallest absolute Gasteiger partial charge is 0.224 e. The summed E-state index contributed by atoms with van der Waals surface area (Å²) < 4.78 is 0. The molecule has 9 heteroatoms. The monoisotopic (exact) mass is 405 g/mol. The van der Waals surface area contributed by atoms with Gasteiger partial charge in [-0.2, -0.15) is 5.26 Å². The number of β-amino-alcohol motifs (C(OH)–C–C–N with tert-alkyl or cyclic N) is 1. The van der Waals surface area contributed by atoms with Crippen molar-refractivity contribution in [1.29, 1.82) is 5.26 Å². The molecule has 2 N–H and O–H groups in total. The van der Waals surface area contributed by atoms with Crippen molar-refractivity contribution in [2.45, 2.75) is 23.4 Å². The molecule has 0 aliphatic carbocycles. The molecule has 0 unspecified atom stereocenters. The molecule has 1 aromatic carbocycles. The van der Waals surface area contributed by atoms with Crippen LogP contribution < -0.4 is 10.2 Å². The molecule has 2 atom stereocenters. The number of amides is 1. The van der Waals surface area contributed by atoms with Crippen LogP contribution in [0.3, 0.4) is 0 Å². The van der Waals surface area contributed by atoms with E-state index in [1.54, 1.807) is 36.4 Å². The number of hydrogen-bond donors (Lipinski definition) is 2. The molecule has 2 heterocycles. The predicted molar refractivity (Wildman–Crippen MR) is 101 cm³/mol. The first kappa shape index (κ1) is 19.4. The highest BCUT2D eigenvalue weighted by Crippen LogP contribution is 2.24. The number of rotatable bonds is 5. The molecule has 140 valence electrons. The Kier molecular flexibility index (Phi) is 6.11. The number of alkyl halides is 2. The van der Waals surface area contributed by atoms with Crippen LogP contribution in [0, 0.1) is 11.3 Å². The first-order valence-corrected chi connectivity index (χ1v) is 9.16. The standard InChI is InChI=1S/C18H17Cl2N5O2/c19-18(20)12-3-1-11(2-4-12)7-17(27)22-14-9-25(10-15(14)26)16-6-5-13(8-21)23-24-16/h1-6,14-15,18,26H,7,9-10H2,(H,22,27)/t14-,15-/m1/s1. The van der Waals surface area contributed by atoms with E-state index < -0.39 is 17.0 Å². The van der Waals surface area contributed by atoms with E-state index in [2.05, 4.69) is 15.5 Å². The lowest BCUT2D eigenvalue weighted by Crippen LogP contribution is -2.43. The number of nitrogens with one attached hydrogen (secondary N) is 1. The molecular weight excluding hydrogens is 389 g/mol. The van der Waals surface area contributed by atoms with Crippen LogP contribution in [0.4, 0.5) is 5.82 Å². The minimum absolute atomic E-state index is 0.187. The number of aliphatic hydroxyl groups excluding tert-OH is 1. The van der Waals surface area contributed by atoms with E-state index in [9.17, 15) is 9.90 Å². The maximum Gasteiger partial charge on any atom is 0.224 e. The zero-order chi connectivity index (χ0) is 19.4. The maximum absolute atomic E-state index is 12.3. The molecule has 1 fully saturated rings. The van der Waals surface area contributed by atoms with Gasteiger partial charge in [0.25, 0.3) is 0 Å². The average molecular weight is 406 g/mol. The fraction of sp³-hybridized carbons (Fsp3) is 0.333. The largest absolute Gasteiger partial charge is 0.389 e. The minimum atomic E-state index is -0.720. The first-order chi connectivity index (χ1) is 13.0. The number of aliphatic hydroxyl groups is 1. The highest BCUT2D eigenvalue weighted by Gasteiger charge is 2.33. The van der Waals surface area contributed by atoms with E-state index >= 15 is 0 Å². The topological polar surface area (TPSA) is 102 Å². The van der Waals surface area contributed by atoms with Crippen molar-refractivity contribution in [3.8, 4) is 6.07 Å². The summed E-state index contributed by atoms with van der Waals surface area (Å²) in [6.07, 6.45) is -0.530. The number of carbonyl (C=O) groups excluding carboxylic acids is 1. The Morgan fingerprint density at radius 2 is 2.00 bits per heavy atom. The molecule has 7 nitrogen and oxygen atoms in total. The van der Waals surface area contributed by atoms with Crippen molar-refractivity contribution in [2.75, 3.05) is 18.0 Å². The Labute approximate surface area is 166 Å². The van der Waals surface area contributed by atoms with Crippen LogP contribution in [0.15, 0.2) is 36.4 Å². The summed E-state index contributed by atoms with van der Waals surface area (Å²) in [5.74, 6) is 0.366. The Hall–Kier alpha value is -2.40. The Morgan fingerprint density at radius 3 is 2.59 bits per heavy atom. The molecule has 1 aliphatic heterocycles. The van der Waals surface area contributed by atoms with Crippen LogP contribution in [0.25, 0.3) is 0 Å². The van der Waals surface area contributed by atoms with Crippen molar-refractivity contribution in [1.82, 2.24) is 15.5 Å². The Balaban J connectivity index is 1.56. The fourth-order valence-electron chi connectivity index (χ4n) is 2.89. The van der Waals surface area contributed by atoms with Gasteiger partial charge in [0.15, 0.2) is 11.5 Å². The van der Waals surface area contributed by atoms with Gasteiger partial charge >= 0.3 is 0 Å². The third-order valence-electron chi connectivity index (χ3n) is 4.32. The Morgan fingerprint density at radius 1 is 1.26 bits per heavy atom. The number of hydrogen-bond acceptors (Lipinski definition) is 6. The summed E-state index contributed by atoms with van der Waals surface area (Å²) in [5, 5.41) is 29.6. The number of benzene rings is 1. The van der Waals surface area contributed by atoms with E-state index in [-0.39, 0.29) is 18.0 Å². The summed E-state index contributed by atoms with van der Waals surface area (Å²) >= 11 is 11.6. The molecule has 2 aromatic rings. The van der Waals surface area contributed by atoms with Crippen molar-refractivity contribution in [2.24, 2.45) is 0 Å². The van der Waals surface area contributed by atoms with Crippen LogP contribution in [0.2, 0.25) is 0 Å². The van der Waals surface area contributed by atoms with Gasteiger partial charge in [-0.1, -0.05) is 24.3 Å². The number of carbonyl (C=O) groups is 1. The number of nitrogens with zero attached hydrogens (tertiary/aromatic N) is 4. The Bertz CT molecular complexity index is 836. The molecule has 1 aliphatic rings. The van der Waals surface area contributed by atoms with Gasteiger partial charge in [0.2, 0.25) is 5.91 Å². The van der Waals surface area contributed by atoms with E-state index in [0.29, 0.717) is 18.9 Å². The van der Waals surface area contributed by atoms with Crippen LogP contribution >= 0.6 is 23.2 Å². The third-order valence-corrected chi connectivity index (χ3v) is 4.82. The van der Waals surface area contributed by atoms with Gasteiger partial charge < -0.3 is 15.3 Å². The quantitative estimate of drug-likeness (QED) is 0.734. The van der Waals surface area contributed by atoms with E-state index in [1.165, 1.54) is 0 Å². The minimum Gasteiger partial charge on any atom is -0.389 e. The fourth-order valence-corrected chi connectivity index (χ4v) is 3.18. The van der Waals surface area contributed by atoms with Crippen molar-refractivity contribution in [3.63, 3.8) is 0 Å². The first-order valence-electron chi connectivity index (χ1n) is 8.29. The van der Waals surface area contributed by atoms with Crippen LogP contribution in [0.1, 0.15) is 21.7 Å². The van der Waals surface area contributed by atoms with Gasteiger partial charge in [-0.3, -0.25) is 4.79 Å². The predicted octanol–water partition coefficient (Wildman–Crippen LogP) is 1.73. The number of halogens is 2. The molecule has 0 bridgehead atoms. The lowest BCUT2D eigenvalue weighted by atomic mass is 10.1. The van der Waals surface area contributed by atoms with Gasteiger partial charge in [0.05, 0.1) is 18.6 Å². The van der Waals surface area contributed by atoms with Gasteiger partial charge in [0.1, 0.15) is 10.9 Å². The molecular formula is C18H17Cl2N5O2. The highest BCUT2D eigenvalue weighted by molar-refractivity contribution is 6.44. The van der Waals surface area contributed by atoms with E-state index in [4.69, 9.17) is 28.5 Å². The second kappa shape index (κ2) is 8.53. The third kappa shape index (κ3) is 4.86. The van der Waals surface area contributed by atoms with Crippen molar-refractivity contribution >= 4 is 34.9 Å². The zero-order valence-electron chi connectivity index (χ0n) is 14.2. The van der Waals surface area contributed by atoms with Gasteiger partial charge in [-0.05, 0) is 23.3 Å². The average Bonchev–Trinajstić information content (AvgIpc) is 3.02. The van der Waals surface area contributed by atoms with Gasteiger partial charge in [0, 0.05) is 13.1 Å². The number of nitriles is 1. The molecule has 1 aromatic heterocycles. The van der Waals surface area contributed by atoms with Crippen LogP contribution in [-0.4, -0.2) is 46.4 Å². The van der Waals surface area contributed by atoms with Gasteiger partial charge in [-0.15, -0.1) is 33.4 Å². The number of aromatic nitrogens is 2. The van der Waals surface area contributed by atoms with E-state index in [1.807, 2.05) is 11.0 Å². The van der Waals surface area contributed by atoms with Crippen LogP contribution in [0.5, 0.6) is 0 Å². The van der Waals surface area contributed by atoms with E-state index in [0.717, 1.165) is 11.1 Å². The lowest BCUT2D eigenvalue weighted by molar-refractivity contribution is -0.121. The second-order valence-electron chi connectivity index (χ2n) is 6.25. The second-order valence-corrected chi connectivity index (χ2v) is 7.35. The molecule has 0 saturated carbocycles. The summed E-state index contributed by atoms with van der Waals surface area (Å²) in [6.45, 7) is 0.736. The van der Waals surface area contributed by atoms with Crippen LogP contribution in [-0.2, 0) is 11.2 Å². The summed E-state index contributed by atoms with van der Waals surface area (Å²) in [6, 6.07) is 11.9. The molecule has 3 rings (SSSR count). The molecule has 0 spiro atoms. The zero-order valence-corrected chi connectivity index (χ0v) is 15.7. The molecule has 1 amide bonds.